The summed E-state index contributed by atoms with van der Waals surface area (Å²) in [5.74, 6) is -0.226. The number of piperidine rings is 1. The minimum Gasteiger partial charge on any atom is -0.369 e. The van der Waals surface area contributed by atoms with E-state index in [4.69, 9.17) is 5.73 Å². The van der Waals surface area contributed by atoms with E-state index in [0.717, 1.165) is 41.2 Å². The molecule has 1 fully saturated rings. The summed E-state index contributed by atoms with van der Waals surface area (Å²) in [6.07, 6.45) is 2.85. The Morgan fingerprint density at radius 2 is 2.04 bits per heavy atom. The molecule has 1 aliphatic rings. The van der Waals surface area contributed by atoms with Gasteiger partial charge in [-0.2, -0.15) is 0 Å². The summed E-state index contributed by atoms with van der Waals surface area (Å²) in [6.45, 7) is 1.90. The number of amides is 2. The number of fused-ring (bicyclic) bond motifs is 1. The molecule has 1 aromatic carbocycles. The molecule has 2 amide bonds. The van der Waals surface area contributed by atoms with E-state index in [1.54, 1.807) is 11.3 Å². The standard InChI is InChI=1S/C17H22N4O2S/c18-15(22)11-21-9-7-12(8-10-21)19-16(23)5-6-17-20-13-3-1-2-4-14(13)24-17/h1-4,12H,5-11H2,(H2,18,22)(H,19,23). The Kier molecular flexibility index (Phi) is 5.42. The van der Waals surface area contributed by atoms with E-state index in [1.807, 2.05) is 23.1 Å². The van der Waals surface area contributed by atoms with Crippen molar-refractivity contribution in [3.8, 4) is 0 Å². The summed E-state index contributed by atoms with van der Waals surface area (Å²) >= 11 is 1.65. The van der Waals surface area contributed by atoms with Crippen LogP contribution in [0.15, 0.2) is 24.3 Å². The zero-order valence-electron chi connectivity index (χ0n) is 13.5. The van der Waals surface area contributed by atoms with Crippen LogP contribution in [0, 0.1) is 0 Å². The second-order valence-electron chi connectivity index (χ2n) is 6.16. The van der Waals surface area contributed by atoms with Gasteiger partial charge >= 0.3 is 0 Å². The molecule has 0 spiro atoms. The third-order valence-electron chi connectivity index (χ3n) is 4.24. The molecule has 1 aromatic heterocycles. The normalized spacial score (nSPS) is 16.3. The number of primary amides is 1. The number of hydrogen-bond donors (Lipinski definition) is 2. The van der Waals surface area contributed by atoms with Gasteiger partial charge in [0.1, 0.15) is 0 Å². The molecule has 2 heterocycles. The van der Waals surface area contributed by atoms with Gasteiger partial charge in [0.2, 0.25) is 11.8 Å². The largest absolute Gasteiger partial charge is 0.369 e. The molecule has 7 heteroatoms. The average Bonchev–Trinajstić information content (AvgIpc) is 2.97. The van der Waals surface area contributed by atoms with Crippen LogP contribution < -0.4 is 11.1 Å². The lowest BCUT2D eigenvalue weighted by Crippen LogP contribution is -2.46. The van der Waals surface area contributed by atoms with E-state index in [2.05, 4.69) is 16.4 Å². The first-order chi connectivity index (χ1) is 11.6. The number of aryl methyl sites for hydroxylation is 1. The SMILES string of the molecule is NC(=O)CN1CCC(NC(=O)CCc2nc3ccccc3s2)CC1. The maximum atomic E-state index is 12.1. The topological polar surface area (TPSA) is 88.3 Å². The minimum absolute atomic E-state index is 0.0719. The highest BCUT2D eigenvalue weighted by Crippen LogP contribution is 2.22. The highest BCUT2D eigenvalue weighted by Gasteiger charge is 2.21. The Morgan fingerprint density at radius 1 is 1.29 bits per heavy atom. The van der Waals surface area contributed by atoms with Gasteiger partial charge in [-0.3, -0.25) is 14.5 Å². The van der Waals surface area contributed by atoms with Crippen molar-refractivity contribution in [3.05, 3.63) is 29.3 Å². The Labute approximate surface area is 145 Å². The monoisotopic (exact) mass is 346 g/mol. The van der Waals surface area contributed by atoms with E-state index >= 15 is 0 Å². The lowest BCUT2D eigenvalue weighted by molar-refractivity contribution is -0.123. The highest BCUT2D eigenvalue weighted by molar-refractivity contribution is 7.18. The van der Waals surface area contributed by atoms with Crippen LogP contribution in [0.25, 0.3) is 10.2 Å². The molecule has 24 heavy (non-hydrogen) atoms. The molecular weight excluding hydrogens is 324 g/mol. The van der Waals surface area contributed by atoms with Gasteiger partial charge in [0.15, 0.2) is 0 Å². The maximum absolute atomic E-state index is 12.1. The predicted molar refractivity (Wildman–Crippen MR) is 94.7 cm³/mol. The van der Waals surface area contributed by atoms with E-state index < -0.39 is 0 Å². The van der Waals surface area contributed by atoms with Gasteiger partial charge in [-0.25, -0.2) is 4.98 Å². The number of thiazole rings is 1. The molecule has 128 valence electrons. The van der Waals surface area contributed by atoms with Gasteiger partial charge in [0.25, 0.3) is 0 Å². The minimum atomic E-state index is -0.298. The Morgan fingerprint density at radius 3 is 2.75 bits per heavy atom. The van der Waals surface area contributed by atoms with Gasteiger partial charge in [0.05, 0.1) is 21.8 Å². The Hall–Kier alpha value is -1.99. The van der Waals surface area contributed by atoms with Crippen LogP contribution in [0.2, 0.25) is 0 Å². The maximum Gasteiger partial charge on any atom is 0.231 e. The quantitative estimate of drug-likeness (QED) is 0.825. The molecule has 1 aliphatic heterocycles. The van der Waals surface area contributed by atoms with E-state index in [-0.39, 0.29) is 17.9 Å². The lowest BCUT2D eigenvalue weighted by Gasteiger charge is -2.31. The third-order valence-corrected chi connectivity index (χ3v) is 5.33. The summed E-state index contributed by atoms with van der Waals surface area (Å²) in [5, 5.41) is 4.09. The first-order valence-corrected chi connectivity index (χ1v) is 9.06. The number of carbonyl (C=O) groups excluding carboxylic acids is 2. The molecule has 3 N–H and O–H groups in total. The summed E-state index contributed by atoms with van der Waals surface area (Å²) in [6, 6.07) is 8.22. The smallest absolute Gasteiger partial charge is 0.231 e. The van der Waals surface area contributed by atoms with Crippen molar-refractivity contribution < 1.29 is 9.59 Å². The van der Waals surface area contributed by atoms with Crippen LogP contribution in [0.1, 0.15) is 24.3 Å². The molecule has 0 radical (unpaired) electrons. The first-order valence-electron chi connectivity index (χ1n) is 8.24. The second-order valence-corrected chi connectivity index (χ2v) is 7.27. The van der Waals surface area contributed by atoms with E-state index in [1.165, 1.54) is 0 Å². The number of aromatic nitrogens is 1. The van der Waals surface area contributed by atoms with Crippen LogP contribution in [-0.2, 0) is 16.0 Å². The molecule has 3 rings (SSSR count). The van der Waals surface area contributed by atoms with Crippen molar-refractivity contribution >= 4 is 33.4 Å². The molecule has 0 atom stereocenters. The number of benzene rings is 1. The number of nitrogens with zero attached hydrogens (tertiary/aromatic N) is 2. The molecule has 1 saturated heterocycles. The van der Waals surface area contributed by atoms with E-state index in [0.29, 0.717) is 19.4 Å². The fourth-order valence-electron chi connectivity index (χ4n) is 3.00. The summed E-state index contributed by atoms with van der Waals surface area (Å²) in [7, 11) is 0. The molecule has 0 unspecified atom stereocenters. The third kappa shape index (κ3) is 4.52. The van der Waals surface area contributed by atoms with Crippen LogP contribution in [-0.4, -0.2) is 47.4 Å². The van der Waals surface area contributed by atoms with Crippen molar-refractivity contribution in [1.82, 2.24) is 15.2 Å². The molecule has 0 saturated carbocycles. The number of nitrogens with two attached hydrogens (primary N) is 1. The molecule has 0 bridgehead atoms. The predicted octanol–water partition coefficient (Wildman–Crippen LogP) is 1.29. The van der Waals surface area contributed by atoms with Crippen molar-refractivity contribution in [2.45, 2.75) is 31.7 Å². The van der Waals surface area contributed by atoms with Gasteiger partial charge in [-0.05, 0) is 25.0 Å². The van der Waals surface area contributed by atoms with Crippen LogP contribution in [0.5, 0.6) is 0 Å². The van der Waals surface area contributed by atoms with Gasteiger partial charge in [-0.15, -0.1) is 11.3 Å². The van der Waals surface area contributed by atoms with Crippen molar-refractivity contribution in [2.24, 2.45) is 5.73 Å². The highest BCUT2D eigenvalue weighted by atomic mass is 32.1. The summed E-state index contributed by atoms with van der Waals surface area (Å²) < 4.78 is 1.16. The Balaban J connectivity index is 1.42. The van der Waals surface area contributed by atoms with Crippen molar-refractivity contribution in [3.63, 3.8) is 0 Å². The zero-order chi connectivity index (χ0) is 16.9. The van der Waals surface area contributed by atoms with Gasteiger partial charge in [0, 0.05) is 32.0 Å². The number of rotatable bonds is 6. The molecule has 6 nitrogen and oxygen atoms in total. The fraction of sp³-hybridized carbons (Fsp3) is 0.471. The zero-order valence-corrected chi connectivity index (χ0v) is 14.3. The number of para-hydroxylation sites is 1. The number of nitrogens with one attached hydrogen (secondary N) is 1. The first kappa shape index (κ1) is 16.9. The molecular formula is C17H22N4O2S. The van der Waals surface area contributed by atoms with E-state index in [9.17, 15) is 9.59 Å². The Bertz CT molecular complexity index is 689. The number of hydrogen-bond acceptors (Lipinski definition) is 5. The second kappa shape index (κ2) is 7.72. The van der Waals surface area contributed by atoms with Crippen LogP contribution in [0.4, 0.5) is 0 Å². The van der Waals surface area contributed by atoms with Crippen molar-refractivity contribution in [2.75, 3.05) is 19.6 Å². The van der Waals surface area contributed by atoms with Gasteiger partial charge < -0.3 is 11.1 Å². The fourth-order valence-corrected chi connectivity index (χ4v) is 3.97. The average molecular weight is 346 g/mol. The summed E-state index contributed by atoms with van der Waals surface area (Å²) in [4.78, 5) is 29.6. The van der Waals surface area contributed by atoms with Crippen LogP contribution >= 0.6 is 11.3 Å². The lowest BCUT2D eigenvalue weighted by atomic mass is 10.0. The summed E-state index contributed by atoms with van der Waals surface area (Å²) in [5.41, 5.74) is 6.21. The van der Waals surface area contributed by atoms with Crippen molar-refractivity contribution in [1.29, 1.82) is 0 Å². The van der Waals surface area contributed by atoms with Gasteiger partial charge in [-0.1, -0.05) is 12.1 Å². The van der Waals surface area contributed by atoms with Crippen LogP contribution in [0.3, 0.4) is 0 Å². The molecule has 0 aliphatic carbocycles. The molecule has 2 aromatic rings. The number of likely N-dealkylation sites (tertiary alicyclic amines) is 1. The number of carbonyl (C=O) groups is 2.